The maximum atomic E-state index is 12.8. The summed E-state index contributed by atoms with van der Waals surface area (Å²) < 4.78 is 5.37. The fourth-order valence-electron chi connectivity index (χ4n) is 3.36. The van der Waals surface area contributed by atoms with Crippen LogP contribution in [-0.4, -0.2) is 22.2 Å². The van der Waals surface area contributed by atoms with E-state index in [9.17, 15) is 19.8 Å². The molecule has 5 nitrogen and oxygen atoms in total. The molecule has 0 aliphatic rings. The Balaban J connectivity index is 1.89. The summed E-state index contributed by atoms with van der Waals surface area (Å²) in [5.41, 5.74) is 0.174. The molecule has 5 heteroatoms. The van der Waals surface area contributed by atoms with E-state index in [1.807, 2.05) is 48.5 Å². The van der Waals surface area contributed by atoms with Crippen molar-refractivity contribution in [2.24, 2.45) is 0 Å². The summed E-state index contributed by atoms with van der Waals surface area (Å²) in [6.07, 6.45) is 0. The average molecular weight is 372 g/mol. The number of esters is 1. The summed E-state index contributed by atoms with van der Waals surface area (Å²) in [5, 5.41) is 22.7. The molecule has 0 aromatic heterocycles. The van der Waals surface area contributed by atoms with E-state index >= 15 is 0 Å². The molecule has 138 valence electrons. The van der Waals surface area contributed by atoms with Gasteiger partial charge in [0.05, 0.1) is 5.56 Å². The molecule has 0 spiro atoms. The molecular formula is C23H16O5. The van der Waals surface area contributed by atoms with Gasteiger partial charge in [0.1, 0.15) is 17.9 Å². The molecule has 0 unspecified atom stereocenters. The summed E-state index contributed by atoms with van der Waals surface area (Å²) in [5.74, 6) is -2.65. The second kappa shape index (κ2) is 7.04. The first-order chi connectivity index (χ1) is 13.6. The van der Waals surface area contributed by atoms with Crippen molar-refractivity contribution in [3.8, 4) is 5.75 Å². The standard InChI is InChI=1S/C23H16O5/c24-19-12-18-16-9-5-4-8-15(16)10-11-17(18)20(21(19)22(25)26)23(27)28-13-14-6-2-1-3-7-14/h1-12,24H,13H2,(H,25,26). The largest absolute Gasteiger partial charge is 0.507 e. The Morgan fingerprint density at radius 3 is 2.25 bits per heavy atom. The van der Waals surface area contributed by atoms with E-state index in [4.69, 9.17) is 4.74 Å². The Morgan fingerprint density at radius 2 is 1.50 bits per heavy atom. The quantitative estimate of drug-likeness (QED) is 0.399. The molecule has 4 aromatic rings. The van der Waals surface area contributed by atoms with Crippen molar-refractivity contribution < 1.29 is 24.5 Å². The minimum absolute atomic E-state index is 0.00344. The molecule has 0 aliphatic heterocycles. The molecule has 0 heterocycles. The van der Waals surface area contributed by atoms with Crippen LogP contribution in [0.2, 0.25) is 0 Å². The van der Waals surface area contributed by atoms with Gasteiger partial charge in [-0.3, -0.25) is 0 Å². The minimum Gasteiger partial charge on any atom is -0.507 e. The predicted octanol–water partition coefficient (Wildman–Crippen LogP) is 4.75. The zero-order valence-electron chi connectivity index (χ0n) is 14.8. The van der Waals surface area contributed by atoms with Crippen molar-refractivity contribution >= 4 is 33.5 Å². The highest BCUT2D eigenvalue weighted by Gasteiger charge is 2.26. The van der Waals surface area contributed by atoms with Crippen LogP contribution in [0.4, 0.5) is 0 Å². The number of carboxylic acids is 1. The number of fused-ring (bicyclic) bond motifs is 3. The van der Waals surface area contributed by atoms with E-state index in [1.54, 1.807) is 18.2 Å². The van der Waals surface area contributed by atoms with E-state index in [0.29, 0.717) is 10.8 Å². The van der Waals surface area contributed by atoms with Crippen molar-refractivity contribution in [1.29, 1.82) is 0 Å². The molecular weight excluding hydrogens is 356 g/mol. The molecule has 0 saturated heterocycles. The van der Waals surface area contributed by atoms with Gasteiger partial charge in [-0.1, -0.05) is 66.7 Å². The van der Waals surface area contributed by atoms with Crippen LogP contribution >= 0.6 is 0 Å². The summed E-state index contributed by atoms with van der Waals surface area (Å²) in [6.45, 7) is 0.00344. The fraction of sp³-hybridized carbons (Fsp3) is 0.0435. The highest BCUT2D eigenvalue weighted by molar-refractivity contribution is 6.19. The van der Waals surface area contributed by atoms with Crippen molar-refractivity contribution in [2.75, 3.05) is 0 Å². The first-order valence-corrected chi connectivity index (χ1v) is 8.68. The normalized spacial score (nSPS) is 10.9. The van der Waals surface area contributed by atoms with Crippen LogP contribution in [0, 0.1) is 0 Å². The van der Waals surface area contributed by atoms with Crippen LogP contribution in [0.1, 0.15) is 26.3 Å². The molecule has 0 amide bonds. The molecule has 4 aromatic carbocycles. The number of hydrogen-bond donors (Lipinski definition) is 2. The maximum absolute atomic E-state index is 12.8. The van der Waals surface area contributed by atoms with Crippen molar-refractivity contribution in [1.82, 2.24) is 0 Å². The highest BCUT2D eigenvalue weighted by atomic mass is 16.5. The minimum atomic E-state index is -1.39. The molecule has 0 fully saturated rings. The number of phenols is 1. The van der Waals surface area contributed by atoms with Gasteiger partial charge in [0.25, 0.3) is 0 Å². The monoisotopic (exact) mass is 372 g/mol. The van der Waals surface area contributed by atoms with Crippen molar-refractivity contribution in [3.05, 3.63) is 89.5 Å². The van der Waals surface area contributed by atoms with E-state index in [0.717, 1.165) is 16.3 Å². The van der Waals surface area contributed by atoms with E-state index < -0.39 is 23.3 Å². The number of carbonyl (C=O) groups is 2. The Kier molecular flexibility index (Phi) is 4.41. The molecule has 2 N–H and O–H groups in total. The van der Waals surface area contributed by atoms with Gasteiger partial charge >= 0.3 is 11.9 Å². The average Bonchev–Trinajstić information content (AvgIpc) is 2.71. The number of hydrogen-bond acceptors (Lipinski definition) is 4. The van der Waals surface area contributed by atoms with Gasteiger partial charge in [-0.25, -0.2) is 9.59 Å². The third kappa shape index (κ3) is 3.03. The van der Waals surface area contributed by atoms with E-state index in [-0.39, 0.29) is 12.2 Å². The molecule has 4 rings (SSSR count). The Hall–Kier alpha value is -3.86. The number of aromatic hydroxyl groups is 1. The SMILES string of the molecule is O=C(O)c1c(O)cc2c(ccc3ccccc32)c1C(=O)OCc1ccccc1. The van der Waals surface area contributed by atoms with E-state index in [1.165, 1.54) is 6.07 Å². The lowest BCUT2D eigenvalue weighted by molar-refractivity contribution is 0.0465. The van der Waals surface area contributed by atoms with Crippen LogP contribution in [0.15, 0.2) is 72.8 Å². The van der Waals surface area contributed by atoms with Crippen LogP contribution < -0.4 is 0 Å². The summed E-state index contributed by atoms with van der Waals surface area (Å²) in [4.78, 5) is 24.6. The zero-order valence-corrected chi connectivity index (χ0v) is 14.8. The van der Waals surface area contributed by atoms with Crippen LogP contribution in [0.25, 0.3) is 21.5 Å². The van der Waals surface area contributed by atoms with Gasteiger partial charge in [0.15, 0.2) is 0 Å². The van der Waals surface area contributed by atoms with Gasteiger partial charge in [-0.15, -0.1) is 0 Å². The van der Waals surface area contributed by atoms with Gasteiger partial charge in [-0.2, -0.15) is 0 Å². The number of benzene rings is 4. The third-order valence-electron chi connectivity index (χ3n) is 4.66. The Bertz CT molecular complexity index is 1210. The fourth-order valence-corrected chi connectivity index (χ4v) is 3.36. The van der Waals surface area contributed by atoms with Gasteiger partial charge < -0.3 is 14.9 Å². The van der Waals surface area contributed by atoms with Crippen molar-refractivity contribution in [3.63, 3.8) is 0 Å². The third-order valence-corrected chi connectivity index (χ3v) is 4.66. The number of rotatable bonds is 4. The Labute approximate surface area is 160 Å². The molecule has 0 bridgehead atoms. The van der Waals surface area contributed by atoms with Crippen molar-refractivity contribution in [2.45, 2.75) is 6.61 Å². The zero-order chi connectivity index (χ0) is 19.7. The summed E-state index contributed by atoms with van der Waals surface area (Å²) in [6, 6.07) is 21.5. The second-order valence-electron chi connectivity index (χ2n) is 6.39. The molecule has 0 aliphatic carbocycles. The summed E-state index contributed by atoms with van der Waals surface area (Å²) >= 11 is 0. The van der Waals surface area contributed by atoms with E-state index in [2.05, 4.69) is 0 Å². The molecule has 0 saturated carbocycles. The molecule has 0 radical (unpaired) electrons. The highest BCUT2D eigenvalue weighted by Crippen LogP contribution is 2.35. The first-order valence-electron chi connectivity index (χ1n) is 8.68. The van der Waals surface area contributed by atoms with Crippen LogP contribution in [0.3, 0.4) is 0 Å². The smallest absolute Gasteiger partial charge is 0.340 e. The summed E-state index contributed by atoms with van der Waals surface area (Å²) in [7, 11) is 0. The Morgan fingerprint density at radius 1 is 0.786 bits per heavy atom. The van der Waals surface area contributed by atoms with Crippen LogP contribution in [-0.2, 0) is 11.3 Å². The lowest BCUT2D eigenvalue weighted by Gasteiger charge is -2.14. The van der Waals surface area contributed by atoms with Gasteiger partial charge in [-0.05, 0) is 33.2 Å². The number of carboxylic acid groups (broad SMARTS) is 1. The van der Waals surface area contributed by atoms with Crippen LogP contribution in [0.5, 0.6) is 5.75 Å². The first kappa shape index (κ1) is 17.5. The lowest BCUT2D eigenvalue weighted by atomic mass is 9.94. The van der Waals surface area contributed by atoms with Gasteiger partial charge in [0.2, 0.25) is 0 Å². The number of carbonyl (C=O) groups excluding carboxylic acids is 1. The lowest BCUT2D eigenvalue weighted by Crippen LogP contribution is -2.13. The second-order valence-corrected chi connectivity index (χ2v) is 6.39. The van der Waals surface area contributed by atoms with Gasteiger partial charge in [0, 0.05) is 0 Å². The number of aromatic carboxylic acids is 1. The maximum Gasteiger partial charge on any atom is 0.340 e. The topological polar surface area (TPSA) is 83.8 Å². The molecule has 28 heavy (non-hydrogen) atoms. The predicted molar refractivity (Wildman–Crippen MR) is 106 cm³/mol. The number of ether oxygens (including phenoxy) is 1. The molecule has 0 atom stereocenters.